The van der Waals surface area contributed by atoms with Crippen LogP contribution in [0.25, 0.3) is 11.0 Å². The van der Waals surface area contributed by atoms with Gasteiger partial charge in [0, 0.05) is 29.7 Å². The second-order valence-corrected chi connectivity index (χ2v) is 6.96. The number of nitrogens with zero attached hydrogens (tertiary/aromatic N) is 4. The number of benzene rings is 1. The number of carbonyl (C=O) groups excluding carboxylic acids is 1. The molecule has 0 unspecified atom stereocenters. The standard InChI is InChI=1S/C18H17BrN4O2/c19-13-5-6-17(20-9-13)25-14-7-8-22(10-14)18(24)11-23-12-21-15-3-1-2-4-16(15)23/h1-6,9,12,14H,7-8,10-11H2/t14-/m1/s1. The largest absolute Gasteiger partial charge is 0.472 e. The zero-order chi connectivity index (χ0) is 17.2. The molecule has 3 heterocycles. The summed E-state index contributed by atoms with van der Waals surface area (Å²) in [6, 6.07) is 11.5. The van der Waals surface area contributed by atoms with E-state index in [0.717, 1.165) is 21.9 Å². The Labute approximate surface area is 153 Å². The van der Waals surface area contributed by atoms with Crippen LogP contribution in [0.2, 0.25) is 0 Å². The molecular formula is C18H17BrN4O2. The lowest BCUT2D eigenvalue weighted by Crippen LogP contribution is -2.33. The van der Waals surface area contributed by atoms with E-state index in [1.54, 1.807) is 12.5 Å². The van der Waals surface area contributed by atoms with E-state index in [1.807, 2.05) is 45.9 Å². The molecule has 1 aliphatic rings. The Hall–Kier alpha value is -2.41. The van der Waals surface area contributed by atoms with Gasteiger partial charge in [-0.2, -0.15) is 0 Å². The first-order valence-electron chi connectivity index (χ1n) is 8.15. The number of hydrogen-bond acceptors (Lipinski definition) is 4. The summed E-state index contributed by atoms with van der Waals surface area (Å²) in [6.07, 6.45) is 4.22. The van der Waals surface area contributed by atoms with Gasteiger partial charge in [-0.1, -0.05) is 12.1 Å². The SMILES string of the molecule is O=C(Cn1cnc2ccccc21)N1CC[C@@H](Oc2ccc(Br)cn2)C1. The Bertz CT molecular complexity index is 893. The summed E-state index contributed by atoms with van der Waals surface area (Å²) in [7, 11) is 0. The van der Waals surface area contributed by atoms with E-state index >= 15 is 0 Å². The molecule has 2 aromatic heterocycles. The topological polar surface area (TPSA) is 60.2 Å². The first kappa shape index (κ1) is 16.1. The first-order valence-corrected chi connectivity index (χ1v) is 8.94. The highest BCUT2D eigenvalue weighted by Crippen LogP contribution is 2.19. The minimum Gasteiger partial charge on any atom is -0.472 e. The summed E-state index contributed by atoms with van der Waals surface area (Å²) in [5.41, 5.74) is 1.88. The fourth-order valence-corrected chi connectivity index (χ4v) is 3.27. The van der Waals surface area contributed by atoms with Gasteiger partial charge in [0.25, 0.3) is 0 Å². The van der Waals surface area contributed by atoms with Crippen molar-refractivity contribution in [2.75, 3.05) is 13.1 Å². The van der Waals surface area contributed by atoms with Crippen molar-refractivity contribution in [3.05, 3.63) is 53.4 Å². The van der Waals surface area contributed by atoms with E-state index in [-0.39, 0.29) is 12.0 Å². The Morgan fingerprint density at radius 2 is 2.12 bits per heavy atom. The van der Waals surface area contributed by atoms with Crippen molar-refractivity contribution in [1.29, 1.82) is 0 Å². The maximum atomic E-state index is 12.6. The van der Waals surface area contributed by atoms with Crippen molar-refractivity contribution in [2.24, 2.45) is 0 Å². The highest BCUT2D eigenvalue weighted by molar-refractivity contribution is 9.10. The molecule has 1 amide bonds. The number of ether oxygens (including phenoxy) is 1. The van der Waals surface area contributed by atoms with Crippen molar-refractivity contribution >= 4 is 32.9 Å². The molecule has 3 aromatic rings. The Morgan fingerprint density at radius 3 is 2.96 bits per heavy atom. The van der Waals surface area contributed by atoms with Gasteiger partial charge in [0.2, 0.25) is 11.8 Å². The molecule has 1 aliphatic heterocycles. The van der Waals surface area contributed by atoms with Crippen LogP contribution in [0.5, 0.6) is 5.88 Å². The van der Waals surface area contributed by atoms with Crippen LogP contribution < -0.4 is 4.74 Å². The van der Waals surface area contributed by atoms with Gasteiger partial charge < -0.3 is 14.2 Å². The number of fused-ring (bicyclic) bond motifs is 1. The third kappa shape index (κ3) is 3.51. The summed E-state index contributed by atoms with van der Waals surface area (Å²) in [6.45, 7) is 1.58. The van der Waals surface area contributed by atoms with Crippen molar-refractivity contribution in [3.8, 4) is 5.88 Å². The fraction of sp³-hybridized carbons (Fsp3) is 0.278. The number of carbonyl (C=O) groups is 1. The predicted octanol–water partition coefficient (Wildman–Crippen LogP) is 2.87. The van der Waals surface area contributed by atoms with Crippen LogP contribution in [0, 0.1) is 0 Å². The average molecular weight is 401 g/mol. The summed E-state index contributed by atoms with van der Waals surface area (Å²) >= 11 is 3.35. The molecule has 0 bridgehead atoms. The summed E-state index contributed by atoms with van der Waals surface area (Å²) in [5.74, 6) is 0.668. The molecule has 1 atom stereocenters. The molecule has 0 spiro atoms. The van der Waals surface area contributed by atoms with Gasteiger partial charge >= 0.3 is 0 Å². The Morgan fingerprint density at radius 1 is 1.24 bits per heavy atom. The van der Waals surface area contributed by atoms with Gasteiger partial charge in [0.15, 0.2) is 0 Å². The van der Waals surface area contributed by atoms with E-state index in [1.165, 1.54) is 0 Å². The second kappa shape index (κ2) is 6.84. The molecule has 7 heteroatoms. The fourth-order valence-electron chi connectivity index (χ4n) is 3.04. The quantitative estimate of drug-likeness (QED) is 0.675. The number of imidazole rings is 1. The van der Waals surface area contributed by atoms with Crippen molar-refractivity contribution in [2.45, 2.75) is 19.1 Å². The highest BCUT2D eigenvalue weighted by atomic mass is 79.9. The van der Waals surface area contributed by atoms with E-state index < -0.39 is 0 Å². The van der Waals surface area contributed by atoms with Crippen LogP contribution in [0.15, 0.2) is 53.4 Å². The molecule has 0 N–H and O–H groups in total. The molecular weight excluding hydrogens is 384 g/mol. The zero-order valence-corrected chi connectivity index (χ0v) is 15.1. The van der Waals surface area contributed by atoms with E-state index in [2.05, 4.69) is 25.9 Å². The molecule has 0 radical (unpaired) electrons. The third-order valence-electron chi connectivity index (χ3n) is 4.32. The minimum atomic E-state index is -0.0165. The van der Waals surface area contributed by atoms with Gasteiger partial charge in [0.05, 0.1) is 23.9 Å². The molecule has 128 valence electrons. The molecule has 6 nitrogen and oxygen atoms in total. The van der Waals surface area contributed by atoms with Crippen LogP contribution in [0.1, 0.15) is 6.42 Å². The van der Waals surface area contributed by atoms with Crippen LogP contribution >= 0.6 is 15.9 Å². The number of hydrogen-bond donors (Lipinski definition) is 0. The second-order valence-electron chi connectivity index (χ2n) is 6.04. The van der Waals surface area contributed by atoms with Crippen molar-refractivity contribution < 1.29 is 9.53 Å². The van der Waals surface area contributed by atoms with Crippen molar-refractivity contribution in [3.63, 3.8) is 0 Å². The lowest BCUT2D eigenvalue weighted by Gasteiger charge is -2.17. The maximum Gasteiger partial charge on any atom is 0.242 e. The lowest BCUT2D eigenvalue weighted by molar-refractivity contribution is -0.131. The van der Waals surface area contributed by atoms with Crippen LogP contribution in [0.3, 0.4) is 0 Å². The molecule has 1 aromatic carbocycles. The zero-order valence-electron chi connectivity index (χ0n) is 13.5. The molecule has 0 saturated carbocycles. The number of para-hydroxylation sites is 2. The number of rotatable bonds is 4. The molecule has 25 heavy (non-hydrogen) atoms. The number of likely N-dealkylation sites (tertiary alicyclic amines) is 1. The van der Waals surface area contributed by atoms with E-state index in [4.69, 9.17) is 4.74 Å². The predicted molar refractivity (Wildman–Crippen MR) is 97.3 cm³/mol. The monoisotopic (exact) mass is 400 g/mol. The maximum absolute atomic E-state index is 12.6. The van der Waals surface area contributed by atoms with Gasteiger partial charge in [0.1, 0.15) is 12.6 Å². The Balaban J connectivity index is 1.38. The highest BCUT2D eigenvalue weighted by Gasteiger charge is 2.28. The van der Waals surface area contributed by atoms with Crippen LogP contribution in [-0.4, -0.2) is 44.5 Å². The number of amides is 1. The van der Waals surface area contributed by atoms with Crippen LogP contribution in [-0.2, 0) is 11.3 Å². The van der Waals surface area contributed by atoms with E-state index in [9.17, 15) is 4.79 Å². The van der Waals surface area contributed by atoms with Gasteiger partial charge in [-0.15, -0.1) is 0 Å². The van der Waals surface area contributed by atoms with Crippen molar-refractivity contribution in [1.82, 2.24) is 19.4 Å². The Kier molecular flexibility index (Phi) is 4.40. The third-order valence-corrected chi connectivity index (χ3v) is 4.79. The molecule has 1 saturated heterocycles. The van der Waals surface area contributed by atoms with Gasteiger partial charge in [-0.05, 0) is 34.1 Å². The average Bonchev–Trinajstić information content (AvgIpc) is 3.25. The minimum absolute atomic E-state index is 0.0165. The smallest absolute Gasteiger partial charge is 0.242 e. The number of aromatic nitrogens is 3. The first-order chi connectivity index (χ1) is 12.2. The molecule has 1 fully saturated rings. The number of halogens is 1. The van der Waals surface area contributed by atoms with E-state index in [0.29, 0.717) is 25.5 Å². The molecule has 4 rings (SSSR count). The van der Waals surface area contributed by atoms with Gasteiger partial charge in [-0.3, -0.25) is 4.79 Å². The lowest BCUT2D eigenvalue weighted by atomic mass is 10.3. The normalized spacial score (nSPS) is 17.2. The summed E-state index contributed by atoms with van der Waals surface area (Å²) < 4.78 is 8.67. The van der Waals surface area contributed by atoms with Crippen LogP contribution in [0.4, 0.5) is 0 Å². The van der Waals surface area contributed by atoms with Gasteiger partial charge in [-0.25, -0.2) is 9.97 Å². The number of pyridine rings is 1. The summed E-state index contributed by atoms with van der Waals surface area (Å²) in [5, 5.41) is 0. The summed E-state index contributed by atoms with van der Waals surface area (Å²) in [4.78, 5) is 23.0. The molecule has 0 aliphatic carbocycles.